The number of rotatable bonds is 5. The maximum Gasteiger partial charge on any atom is 0.337 e. The van der Waals surface area contributed by atoms with Crippen molar-refractivity contribution in [3.8, 4) is 11.3 Å². The Labute approximate surface area is 201 Å². The van der Waals surface area contributed by atoms with E-state index < -0.39 is 5.97 Å². The lowest BCUT2D eigenvalue weighted by Gasteiger charge is -2.26. The zero-order valence-corrected chi connectivity index (χ0v) is 19.0. The summed E-state index contributed by atoms with van der Waals surface area (Å²) in [5, 5.41) is 3.83. The third-order valence-electron chi connectivity index (χ3n) is 5.69. The van der Waals surface area contributed by atoms with Gasteiger partial charge in [0.05, 0.1) is 24.4 Å². The molecule has 34 heavy (non-hydrogen) atoms. The monoisotopic (exact) mass is 473 g/mol. The predicted molar refractivity (Wildman–Crippen MR) is 130 cm³/mol. The molecule has 3 heterocycles. The number of aromatic nitrogens is 1. The van der Waals surface area contributed by atoms with Crippen molar-refractivity contribution in [1.29, 1.82) is 0 Å². The molecule has 8 heteroatoms. The van der Waals surface area contributed by atoms with Gasteiger partial charge in [-0.25, -0.2) is 9.18 Å². The molecule has 170 valence electrons. The van der Waals surface area contributed by atoms with Gasteiger partial charge in [0, 0.05) is 17.4 Å². The Kier molecular flexibility index (Phi) is 5.81. The molecule has 0 radical (unpaired) electrons. The van der Waals surface area contributed by atoms with E-state index in [0.717, 1.165) is 16.9 Å². The van der Waals surface area contributed by atoms with E-state index in [9.17, 15) is 9.18 Å². The fraction of sp³-hybridized carbons (Fsp3) is 0.115. The molecule has 0 spiro atoms. The van der Waals surface area contributed by atoms with E-state index >= 15 is 0 Å². The zero-order valence-electron chi connectivity index (χ0n) is 18.1. The van der Waals surface area contributed by atoms with Gasteiger partial charge in [0.2, 0.25) is 0 Å². The highest BCUT2D eigenvalue weighted by atomic mass is 32.1. The van der Waals surface area contributed by atoms with Crippen LogP contribution in [-0.4, -0.2) is 23.2 Å². The van der Waals surface area contributed by atoms with Crippen LogP contribution in [0.5, 0.6) is 0 Å². The van der Waals surface area contributed by atoms with Gasteiger partial charge in [-0.05, 0) is 72.9 Å². The van der Waals surface area contributed by atoms with Gasteiger partial charge in [-0.2, -0.15) is 0 Å². The standard InChI is InChI=1S/C26H20FN3O3S/c1-32-25(31)17-6-4-5-16(15-17)21-12-13-22(33-21)24-23(20-7-2-3-14-28-20)29-26(34)30(24)19-10-8-18(27)9-11-19/h2-15,23-24H,1H3,(H,29,34). The van der Waals surface area contributed by atoms with E-state index in [-0.39, 0.29) is 17.9 Å². The third-order valence-corrected chi connectivity index (χ3v) is 6.00. The number of anilines is 1. The molecular formula is C26H20FN3O3S. The number of hydrogen-bond donors (Lipinski definition) is 1. The first-order chi connectivity index (χ1) is 16.5. The lowest BCUT2D eigenvalue weighted by atomic mass is 10.0. The molecule has 0 aliphatic carbocycles. The number of nitrogens with one attached hydrogen (secondary N) is 1. The predicted octanol–water partition coefficient (Wildman–Crippen LogP) is 5.44. The molecule has 1 aliphatic heterocycles. The number of hydrogen-bond acceptors (Lipinski definition) is 5. The fourth-order valence-corrected chi connectivity index (χ4v) is 4.45. The Morgan fingerprint density at radius 1 is 1.09 bits per heavy atom. The maximum absolute atomic E-state index is 13.6. The Morgan fingerprint density at radius 2 is 1.91 bits per heavy atom. The van der Waals surface area contributed by atoms with E-state index in [1.54, 1.807) is 36.5 Å². The van der Waals surface area contributed by atoms with Crippen molar-refractivity contribution >= 4 is 29.0 Å². The summed E-state index contributed by atoms with van der Waals surface area (Å²) in [4.78, 5) is 18.4. The molecule has 2 aromatic heterocycles. The summed E-state index contributed by atoms with van der Waals surface area (Å²) < 4.78 is 24.7. The van der Waals surface area contributed by atoms with E-state index in [0.29, 0.717) is 22.2 Å². The molecule has 1 saturated heterocycles. The minimum atomic E-state index is -0.420. The lowest BCUT2D eigenvalue weighted by Crippen LogP contribution is -2.29. The number of carbonyl (C=O) groups excluding carboxylic acids is 1. The van der Waals surface area contributed by atoms with Gasteiger partial charge in [-0.1, -0.05) is 18.2 Å². The summed E-state index contributed by atoms with van der Waals surface area (Å²) in [6, 6.07) is 22.0. The highest BCUT2D eigenvalue weighted by molar-refractivity contribution is 7.80. The minimum absolute atomic E-state index is 0.292. The van der Waals surface area contributed by atoms with Crippen LogP contribution in [0.3, 0.4) is 0 Å². The van der Waals surface area contributed by atoms with Gasteiger partial charge in [-0.15, -0.1) is 0 Å². The molecule has 5 rings (SSSR count). The van der Waals surface area contributed by atoms with Crippen molar-refractivity contribution in [1.82, 2.24) is 10.3 Å². The number of carbonyl (C=O) groups is 1. The van der Waals surface area contributed by atoms with Crippen LogP contribution in [0.4, 0.5) is 10.1 Å². The molecule has 1 aliphatic rings. The van der Waals surface area contributed by atoms with Gasteiger partial charge in [-0.3, -0.25) is 4.98 Å². The van der Waals surface area contributed by atoms with Crippen molar-refractivity contribution in [2.75, 3.05) is 12.0 Å². The molecule has 1 N–H and O–H groups in total. The number of pyridine rings is 1. The van der Waals surface area contributed by atoms with Crippen LogP contribution in [0.25, 0.3) is 11.3 Å². The van der Waals surface area contributed by atoms with Crippen molar-refractivity contribution in [3.63, 3.8) is 0 Å². The largest absolute Gasteiger partial charge is 0.465 e. The van der Waals surface area contributed by atoms with Crippen LogP contribution in [0.2, 0.25) is 0 Å². The van der Waals surface area contributed by atoms with Gasteiger partial charge in [0.1, 0.15) is 23.4 Å². The van der Waals surface area contributed by atoms with Gasteiger partial charge in [0.15, 0.2) is 5.11 Å². The first kappa shape index (κ1) is 21.8. The number of esters is 1. The first-order valence-corrected chi connectivity index (χ1v) is 11.0. The second kappa shape index (κ2) is 9.07. The lowest BCUT2D eigenvalue weighted by molar-refractivity contribution is 0.0601. The Balaban J connectivity index is 1.57. The molecule has 1 fully saturated rings. The topological polar surface area (TPSA) is 67.6 Å². The molecule has 4 aromatic rings. The summed E-state index contributed by atoms with van der Waals surface area (Å²) in [6.45, 7) is 0. The van der Waals surface area contributed by atoms with Crippen molar-refractivity contribution in [2.24, 2.45) is 0 Å². The highest BCUT2D eigenvalue weighted by Gasteiger charge is 2.42. The molecule has 6 nitrogen and oxygen atoms in total. The molecule has 0 amide bonds. The summed E-state index contributed by atoms with van der Waals surface area (Å²) in [6.07, 6.45) is 1.73. The zero-order chi connectivity index (χ0) is 23.7. The summed E-state index contributed by atoms with van der Waals surface area (Å²) in [7, 11) is 1.35. The Hall–Kier alpha value is -4.04. The maximum atomic E-state index is 13.6. The summed E-state index contributed by atoms with van der Waals surface area (Å²) >= 11 is 5.67. The number of ether oxygens (including phenoxy) is 1. The number of nitrogens with zero attached hydrogens (tertiary/aromatic N) is 2. The van der Waals surface area contributed by atoms with E-state index in [2.05, 4.69) is 10.3 Å². The molecular weight excluding hydrogens is 453 g/mol. The second-order valence-electron chi connectivity index (χ2n) is 7.75. The normalized spacial score (nSPS) is 17.5. The molecule has 2 atom stereocenters. The number of thiocarbonyl (C=S) groups is 1. The molecule has 2 aromatic carbocycles. The van der Waals surface area contributed by atoms with E-state index in [1.165, 1.54) is 19.2 Å². The molecule has 0 bridgehead atoms. The average molecular weight is 474 g/mol. The van der Waals surface area contributed by atoms with Crippen molar-refractivity contribution < 1.29 is 18.3 Å². The number of benzene rings is 2. The third kappa shape index (κ3) is 4.04. The van der Waals surface area contributed by atoms with Crippen LogP contribution in [-0.2, 0) is 4.74 Å². The van der Waals surface area contributed by atoms with Gasteiger partial charge >= 0.3 is 5.97 Å². The van der Waals surface area contributed by atoms with Crippen LogP contribution in [0.15, 0.2) is 89.5 Å². The van der Waals surface area contributed by atoms with Crippen molar-refractivity contribution in [3.05, 3.63) is 108 Å². The van der Waals surface area contributed by atoms with E-state index in [1.807, 2.05) is 41.3 Å². The fourth-order valence-electron chi connectivity index (χ4n) is 4.11. The Bertz CT molecular complexity index is 1340. The SMILES string of the molecule is COC(=O)c1cccc(-c2ccc(C3C(c4ccccn4)NC(=S)N3c3ccc(F)cc3)o2)c1. The summed E-state index contributed by atoms with van der Waals surface area (Å²) in [5.41, 5.74) is 2.70. The number of methoxy groups -OCH3 is 1. The van der Waals surface area contributed by atoms with Crippen LogP contribution < -0.4 is 10.2 Å². The molecule has 0 saturated carbocycles. The number of halogens is 1. The van der Waals surface area contributed by atoms with Gasteiger partial charge < -0.3 is 19.4 Å². The number of furan rings is 1. The smallest absolute Gasteiger partial charge is 0.337 e. The average Bonchev–Trinajstić information content (AvgIpc) is 3.49. The van der Waals surface area contributed by atoms with Gasteiger partial charge in [0.25, 0.3) is 0 Å². The Morgan fingerprint density at radius 3 is 2.65 bits per heavy atom. The van der Waals surface area contributed by atoms with Crippen LogP contribution >= 0.6 is 12.2 Å². The highest BCUT2D eigenvalue weighted by Crippen LogP contribution is 2.42. The second-order valence-corrected chi connectivity index (χ2v) is 8.13. The first-order valence-electron chi connectivity index (χ1n) is 10.6. The van der Waals surface area contributed by atoms with Crippen LogP contribution in [0.1, 0.15) is 33.9 Å². The molecule has 2 unspecified atom stereocenters. The van der Waals surface area contributed by atoms with Crippen molar-refractivity contribution in [2.45, 2.75) is 12.1 Å². The quantitative estimate of drug-likeness (QED) is 0.306. The minimum Gasteiger partial charge on any atom is -0.465 e. The van der Waals surface area contributed by atoms with E-state index in [4.69, 9.17) is 21.4 Å². The van der Waals surface area contributed by atoms with Crippen LogP contribution in [0, 0.1) is 5.82 Å². The summed E-state index contributed by atoms with van der Waals surface area (Å²) in [5.74, 6) is 0.491.